The van der Waals surface area contributed by atoms with Crippen LogP contribution in [0.15, 0.2) is 59.6 Å². The Labute approximate surface area is 179 Å². The summed E-state index contributed by atoms with van der Waals surface area (Å²) in [7, 11) is 0. The Morgan fingerprint density at radius 2 is 1.76 bits per heavy atom. The van der Waals surface area contributed by atoms with Crippen LogP contribution < -0.4 is 5.32 Å². The van der Waals surface area contributed by atoms with E-state index in [1.807, 2.05) is 12.1 Å². The van der Waals surface area contributed by atoms with Crippen LogP contribution in [0, 0.1) is 6.04 Å². The molecule has 3 heterocycles. The second-order valence-corrected chi connectivity index (χ2v) is 8.64. The van der Waals surface area contributed by atoms with Crippen LogP contribution in [0.25, 0.3) is 0 Å². The van der Waals surface area contributed by atoms with Crippen molar-refractivity contribution in [3.05, 3.63) is 80.9 Å². The number of thiophene rings is 2. The molecule has 0 unspecified atom stereocenters. The minimum absolute atomic E-state index is 0.116. The van der Waals surface area contributed by atoms with Crippen LogP contribution in [0.1, 0.15) is 39.4 Å². The van der Waals surface area contributed by atoms with Crippen molar-refractivity contribution in [1.82, 2.24) is 15.2 Å². The minimum Gasteiger partial charge on any atom is -0.352 e. The van der Waals surface area contributed by atoms with E-state index in [4.69, 9.17) is 0 Å². The van der Waals surface area contributed by atoms with Crippen molar-refractivity contribution in [3.8, 4) is 0 Å². The number of hydrogen-bond acceptors (Lipinski definition) is 6. The fourth-order valence-corrected chi connectivity index (χ4v) is 4.40. The lowest BCUT2D eigenvalue weighted by Crippen LogP contribution is -2.29. The first kappa shape index (κ1) is 21.4. The number of carbonyl (C=O) groups excluding carboxylic acids is 2. The van der Waals surface area contributed by atoms with E-state index in [9.17, 15) is 9.59 Å². The van der Waals surface area contributed by atoms with Gasteiger partial charge in [-0.15, -0.1) is 22.7 Å². The van der Waals surface area contributed by atoms with Crippen LogP contribution in [0.5, 0.6) is 0 Å². The van der Waals surface area contributed by atoms with E-state index >= 15 is 0 Å². The van der Waals surface area contributed by atoms with Crippen LogP contribution in [0.2, 0.25) is 0 Å². The minimum atomic E-state index is -0.116. The molecule has 0 aliphatic carbocycles. The Hall–Kier alpha value is -2.35. The van der Waals surface area contributed by atoms with Crippen molar-refractivity contribution < 1.29 is 9.59 Å². The number of nitrogens with zero attached hydrogens (tertiary/aromatic N) is 2. The van der Waals surface area contributed by atoms with E-state index in [1.54, 1.807) is 47.2 Å². The topological polar surface area (TPSA) is 62.3 Å². The summed E-state index contributed by atoms with van der Waals surface area (Å²) in [5.41, 5.74) is 0.561. The summed E-state index contributed by atoms with van der Waals surface area (Å²) in [6.07, 6.45) is 6.53. The summed E-state index contributed by atoms with van der Waals surface area (Å²) >= 11 is 3.41. The summed E-state index contributed by atoms with van der Waals surface area (Å²) in [4.78, 5) is 32.5. The zero-order valence-corrected chi connectivity index (χ0v) is 17.8. The number of aromatic nitrogens is 1. The highest BCUT2D eigenvalue weighted by atomic mass is 32.1. The molecule has 0 bridgehead atoms. The highest BCUT2D eigenvalue weighted by Gasteiger charge is 2.20. The van der Waals surface area contributed by atoms with Gasteiger partial charge in [0.2, 0.25) is 0 Å². The first-order valence-electron chi connectivity index (χ1n) is 9.55. The van der Waals surface area contributed by atoms with Gasteiger partial charge in [-0.1, -0.05) is 12.1 Å². The summed E-state index contributed by atoms with van der Waals surface area (Å²) < 4.78 is 0. The smallest absolute Gasteiger partial charge is 0.252 e. The lowest BCUT2D eigenvalue weighted by atomic mass is 10.1. The van der Waals surface area contributed by atoms with Gasteiger partial charge in [0.1, 0.15) is 12.3 Å². The molecule has 7 heteroatoms. The quantitative estimate of drug-likeness (QED) is 0.341. The monoisotopic (exact) mass is 426 g/mol. The highest BCUT2D eigenvalue weighted by Crippen LogP contribution is 2.24. The van der Waals surface area contributed by atoms with Crippen molar-refractivity contribution in [2.45, 2.75) is 32.4 Å². The molecule has 0 aliphatic heterocycles. The molecule has 1 radical (unpaired) electrons. The van der Waals surface area contributed by atoms with Crippen LogP contribution >= 0.6 is 22.7 Å². The van der Waals surface area contributed by atoms with Gasteiger partial charge in [0.15, 0.2) is 0 Å². The van der Waals surface area contributed by atoms with Gasteiger partial charge in [0.25, 0.3) is 5.91 Å². The number of unbranched alkanes of at least 4 members (excludes halogenated alkanes) is 1. The maximum Gasteiger partial charge on any atom is 0.252 e. The van der Waals surface area contributed by atoms with Crippen LogP contribution in [-0.4, -0.2) is 28.6 Å². The van der Waals surface area contributed by atoms with E-state index < -0.39 is 0 Å². The Kier molecular flexibility index (Phi) is 8.55. The number of nitrogens with one attached hydrogen (secondary N) is 1. The zero-order chi connectivity index (χ0) is 20.3. The zero-order valence-electron chi connectivity index (χ0n) is 16.1. The largest absolute Gasteiger partial charge is 0.352 e. The van der Waals surface area contributed by atoms with Crippen molar-refractivity contribution in [2.75, 3.05) is 6.54 Å². The lowest BCUT2D eigenvalue weighted by Gasteiger charge is -2.26. The molecule has 0 aromatic carbocycles. The van der Waals surface area contributed by atoms with Gasteiger partial charge in [-0.2, -0.15) is 0 Å². The average molecular weight is 427 g/mol. The number of rotatable bonds is 12. The number of pyridine rings is 1. The molecule has 0 atom stereocenters. The Morgan fingerprint density at radius 3 is 2.31 bits per heavy atom. The molecule has 0 aliphatic rings. The van der Waals surface area contributed by atoms with Gasteiger partial charge in [0.05, 0.1) is 5.56 Å². The fourth-order valence-electron chi connectivity index (χ4n) is 2.96. The first-order valence-corrected chi connectivity index (χ1v) is 11.3. The lowest BCUT2D eigenvalue weighted by molar-refractivity contribution is -0.109. The van der Waals surface area contributed by atoms with E-state index in [-0.39, 0.29) is 5.91 Å². The Balaban J connectivity index is 1.48. The second kappa shape index (κ2) is 11.6. The molecule has 0 spiro atoms. The van der Waals surface area contributed by atoms with E-state index in [0.29, 0.717) is 18.5 Å². The van der Waals surface area contributed by atoms with Gasteiger partial charge in [-0.05, 0) is 54.3 Å². The number of amides is 1. The molecule has 3 aromatic heterocycles. The third-order valence-corrected chi connectivity index (χ3v) is 6.19. The molecular weight excluding hydrogens is 402 g/mol. The summed E-state index contributed by atoms with van der Waals surface area (Å²) in [5, 5.41) is 7.03. The van der Waals surface area contributed by atoms with Gasteiger partial charge in [0, 0.05) is 41.8 Å². The van der Waals surface area contributed by atoms with E-state index in [2.05, 4.69) is 38.1 Å². The molecule has 5 nitrogen and oxygen atoms in total. The third kappa shape index (κ3) is 6.88. The Morgan fingerprint density at radius 1 is 1.03 bits per heavy atom. The predicted molar refractivity (Wildman–Crippen MR) is 118 cm³/mol. The van der Waals surface area contributed by atoms with Gasteiger partial charge in [-0.25, -0.2) is 0 Å². The van der Waals surface area contributed by atoms with Crippen molar-refractivity contribution in [3.63, 3.8) is 0 Å². The van der Waals surface area contributed by atoms with E-state index in [0.717, 1.165) is 38.3 Å². The molecule has 29 heavy (non-hydrogen) atoms. The molecule has 0 saturated heterocycles. The molecule has 1 amide bonds. The molecule has 151 valence electrons. The first-order chi connectivity index (χ1) is 14.3. The van der Waals surface area contributed by atoms with Crippen molar-refractivity contribution in [1.29, 1.82) is 0 Å². The molecule has 3 rings (SSSR count). The van der Waals surface area contributed by atoms with Crippen molar-refractivity contribution in [2.24, 2.45) is 0 Å². The number of aldehydes is 1. The van der Waals surface area contributed by atoms with E-state index in [1.165, 1.54) is 9.75 Å². The average Bonchev–Trinajstić information content (AvgIpc) is 3.45. The fraction of sp³-hybridized carbons (Fsp3) is 0.273. The van der Waals surface area contributed by atoms with Crippen LogP contribution in [0.3, 0.4) is 0 Å². The molecule has 0 saturated carbocycles. The standard InChI is InChI=1S/C22H24N3O2S2/c26-17-19(7-1-2-11-24-22(27)18-6-3-10-23-14-18)25(15-20-8-4-12-28-20)16-21-9-5-13-29-21/h3-6,8-10,12-14,17H,1-2,7,11,15-16H2,(H,24,27). The van der Waals surface area contributed by atoms with Crippen LogP contribution in [-0.2, 0) is 17.9 Å². The molecule has 0 fully saturated rings. The number of hydrogen-bond donors (Lipinski definition) is 1. The molecule has 1 N–H and O–H groups in total. The molecular formula is C22H24N3O2S2. The van der Waals surface area contributed by atoms with Gasteiger partial charge in [-0.3, -0.25) is 14.7 Å². The summed E-state index contributed by atoms with van der Waals surface area (Å²) in [6.45, 7) is 2.05. The normalized spacial score (nSPS) is 11.1. The third-order valence-electron chi connectivity index (χ3n) is 4.46. The Bertz CT molecular complexity index is 815. The second-order valence-electron chi connectivity index (χ2n) is 6.58. The van der Waals surface area contributed by atoms with Crippen molar-refractivity contribution >= 4 is 34.9 Å². The maximum atomic E-state index is 12.0. The predicted octanol–water partition coefficient (Wildman–Crippen LogP) is 4.54. The van der Waals surface area contributed by atoms with Gasteiger partial charge >= 0.3 is 0 Å². The summed E-state index contributed by atoms with van der Waals surface area (Å²) in [6, 6.07) is 12.6. The summed E-state index contributed by atoms with van der Waals surface area (Å²) in [5.74, 6) is -0.116. The maximum absolute atomic E-state index is 12.0. The SMILES string of the molecule is O=C[C](CCCCNC(=O)c1cccnc1)N(Cc1cccs1)Cc1cccs1. The number of carbonyl (C=O) groups is 2. The van der Waals surface area contributed by atoms with Crippen LogP contribution in [0.4, 0.5) is 0 Å². The van der Waals surface area contributed by atoms with Gasteiger partial charge < -0.3 is 10.1 Å². The highest BCUT2D eigenvalue weighted by molar-refractivity contribution is 7.10. The molecule has 3 aromatic rings.